The molecule has 108 heavy (non-hydrogen) atoms. The molecule has 0 spiro atoms. The zero-order valence-corrected chi connectivity index (χ0v) is 65.0. The number of pyridine rings is 2. The Labute approximate surface area is 634 Å². The summed E-state index contributed by atoms with van der Waals surface area (Å²) in [7, 11) is 0. The van der Waals surface area contributed by atoms with Crippen molar-refractivity contribution in [3.8, 4) is 0 Å². The van der Waals surface area contributed by atoms with Crippen molar-refractivity contribution in [2.45, 2.75) is 163 Å². The first kappa shape index (κ1) is 90.1. The predicted octanol–water partition coefficient (Wildman–Crippen LogP) is 16.6. The number of benzene rings is 3. The van der Waals surface area contributed by atoms with Crippen LogP contribution in [0.2, 0.25) is 10.3 Å². The van der Waals surface area contributed by atoms with Gasteiger partial charge in [0, 0.05) is 57.1 Å². The minimum Gasteiger partial charge on any atom is -0.386 e. The number of esters is 2. The first-order chi connectivity index (χ1) is 50.2. The van der Waals surface area contributed by atoms with E-state index in [1.54, 1.807) is 39.8 Å². The monoisotopic (exact) mass is 1540 g/mol. The van der Waals surface area contributed by atoms with Crippen molar-refractivity contribution in [2.75, 3.05) is 25.6 Å². The van der Waals surface area contributed by atoms with Gasteiger partial charge in [0.15, 0.2) is 0 Å². The summed E-state index contributed by atoms with van der Waals surface area (Å²) in [5.41, 5.74) is 11.7. The maximum atomic E-state index is 12.7. The highest BCUT2D eigenvalue weighted by Gasteiger charge is 2.43. The number of hydrazine groups is 2. The number of hydrogen-bond donors (Lipinski definition) is 3. The average molecular weight is 1540 g/mol. The van der Waals surface area contributed by atoms with Crippen molar-refractivity contribution in [3.63, 3.8) is 0 Å². The van der Waals surface area contributed by atoms with E-state index in [1.165, 1.54) is 27.7 Å². The minimum atomic E-state index is -4.63. The molecule has 8 amide bonds. The van der Waals surface area contributed by atoms with Crippen molar-refractivity contribution in [1.29, 1.82) is 0 Å². The molecule has 580 valence electrons. The third-order valence-electron chi connectivity index (χ3n) is 16.2. The molecule has 3 aromatic carbocycles. The Bertz CT molecular complexity index is 4370. The largest absolute Gasteiger partial charge is 0.419 e. The zero-order chi connectivity index (χ0) is 81.9. The highest BCUT2D eigenvalue weighted by molar-refractivity contribution is 6.33. The van der Waals surface area contributed by atoms with Gasteiger partial charge in [-0.3, -0.25) is 43.8 Å². The van der Waals surface area contributed by atoms with E-state index >= 15 is 0 Å². The molecule has 1 fully saturated rings. The first-order valence-electron chi connectivity index (χ1n) is 34.3. The molecule has 1 atom stereocenters. The Morgan fingerprint density at radius 2 is 0.898 bits per heavy atom. The van der Waals surface area contributed by atoms with Crippen LogP contribution in [0.15, 0.2) is 154 Å². The topological polar surface area (TPSA) is 286 Å². The van der Waals surface area contributed by atoms with Gasteiger partial charge in [0.05, 0.1) is 34.1 Å². The number of anilines is 5. The fraction of sp³-hybridized carbons (Fsp3) is 0.380. The lowest BCUT2D eigenvalue weighted by molar-refractivity contribution is -0.151. The number of amides is 8. The van der Waals surface area contributed by atoms with Crippen LogP contribution < -0.4 is 31.4 Å². The van der Waals surface area contributed by atoms with E-state index in [0.717, 1.165) is 52.3 Å². The van der Waals surface area contributed by atoms with Crippen LogP contribution in [0.25, 0.3) is 0 Å². The number of carbonyl (C=O) groups is 11. The predicted molar refractivity (Wildman–Crippen MR) is 402 cm³/mol. The summed E-state index contributed by atoms with van der Waals surface area (Å²) < 4.78 is 78.7. The summed E-state index contributed by atoms with van der Waals surface area (Å²) in [5, 5.41) is -0.652. The number of nitrogen functional groups attached to an aromatic ring is 1. The fourth-order valence-corrected chi connectivity index (χ4v) is 10.9. The summed E-state index contributed by atoms with van der Waals surface area (Å²) in [6.45, 7) is 34.2. The van der Waals surface area contributed by atoms with Crippen LogP contribution in [0.4, 0.5) is 55.0 Å². The number of hydrogen-bond acceptors (Lipinski definition) is 17. The number of aryl methyl sites for hydroxylation is 3. The summed E-state index contributed by atoms with van der Waals surface area (Å²) in [6.07, 6.45) is -2.53. The quantitative estimate of drug-likeness (QED) is 0.0101. The lowest BCUT2D eigenvalue weighted by atomic mass is 10.0. The lowest BCUT2D eigenvalue weighted by Gasteiger charge is -2.18. The molecule has 21 nitrogen and oxygen atoms in total. The molecule has 0 aliphatic carbocycles. The maximum Gasteiger partial charge on any atom is 0.419 e. The standard InChI is InChI=1S/2C16H19NO2.C15H15ClF3N3O2.C12H11NO2.C9H12O3.C6H5ClF3N3.C5H10O/c2*1-10(2)9-14-12(4)15(18)17(16(14)19)13-7-5-11(3)6-8-13;1-7(2)6-9-8(3)13(23)22(14(9)24)21-11-5-4-10(12(16)20-11)15(17,18)19;1-8-3-5-10(6-4-8)13-11(14)7-9(2)12(13)15;1-5(2)4-7-6(3)8(10)12-9(7)11;7-5-3(6(8,9)10)1-2-4(12-5)13-11;1-5(2)3-4-6/h5-8,10H,9H2,1-4H3;5-10,12H,1-4H3;4-5,7H,6H2,1-3H3,(H,20,21);3-7H,1-2H3;5H,4H2,1-3H3;1-2H,11H2,(H,12,13);4-5H,3H2,1-2H3/b;14-9+;;;;;. The number of alkyl halides is 6. The molecule has 1 unspecified atom stereocenters. The minimum absolute atomic E-state index is 0.0815. The highest BCUT2D eigenvalue weighted by atomic mass is 35.5. The maximum absolute atomic E-state index is 12.7. The molecule has 7 heterocycles. The number of nitrogens with two attached hydrogens (primary N) is 1. The van der Waals surface area contributed by atoms with E-state index in [0.29, 0.717) is 105 Å². The Hall–Kier alpha value is -10.3. The molecule has 4 N–H and O–H groups in total. The summed E-state index contributed by atoms with van der Waals surface area (Å²) in [5.74, 6) is 2.98. The second-order valence-corrected chi connectivity index (χ2v) is 28.4. The van der Waals surface area contributed by atoms with Gasteiger partial charge < -0.3 is 15.0 Å². The fourth-order valence-electron chi connectivity index (χ4n) is 10.4. The van der Waals surface area contributed by atoms with Crippen LogP contribution in [0.1, 0.15) is 157 Å². The van der Waals surface area contributed by atoms with Gasteiger partial charge in [0.25, 0.3) is 41.4 Å². The van der Waals surface area contributed by atoms with Gasteiger partial charge in [-0.15, -0.1) is 0 Å². The van der Waals surface area contributed by atoms with Crippen molar-refractivity contribution in [2.24, 2.45) is 41.4 Å². The number of ether oxygens (including phenoxy) is 1. The van der Waals surface area contributed by atoms with Crippen molar-refractivity contribution < 1.29 is 83.8 Å². The number of imide groups is 4. The molecule has 0 bridgehead atoms. The van der Waals surface area contributed by atoms with E-state index in [-0.39, 0.29) is 64.8 Å². The van der Waals surface area contributed by atoms with Gasteiger partial charge in [0.2, 0.25) is 5.91 Å². The van der Waals surface area contributed by atoms with Gasteiger partial charge in [0.1, 0.15) is 28.2 Å². The van der Waals surface area contributed by atoms with Crippen LogP contribution in [0.5, 0.6) is 0 Å². The number of cyclic esters (lactones) is 2. The second-order valence-electron chi connectivity index (χ2n) is 27.7. The van der Waals surface area contributed by atoms with Gasteiger partial charge in [-0.2, -0.15) is 31.4 Å². The molecular formula is C79H91Cl2F6N9O12. The SMILES string of the molecule is CC(C)CC=O.CC1=C(CC(C)C)C(=O)N(Nc2ccc(C(F)(F)F)c(Cl)n2)C1=O.CC1=C(CC(C)C)C(=O)N(c2ccc(C)cc2)C1=O.CC1=C(CC(C)C)C(=O)OC1=O.CC1=CC(=O)N(c2ccc(C)cc2)C1=O.Cc1ccc(N2C(=O)/C(=C/C(C)C)C(C)C2=O)cc1.NNc1ccc(C(F)(F)F)c(Cl)n1. The van der Waals surface area contributed by atoms with Gasteiger partial charge in [-0.25, -0.2) is 40.1 Å². The molecule has 1 saturated heterocycles. The third-order valence-corrected chi connectivity index (χ3v) is 16.7. The smallest absolute Gasteiger partial charge is 0.386 e. The average Bonchev–Trinajstić information content (AvgIpc) is 1.64. The molecule has 5 aromatic rings. The number of aldehydes is 1. The number of aromatic nitrogens is 2. The summed E-state index contributed by atoms with van der Waals surface area (Å²) in [6, 6.07) is 25.8. The van der Waals surface area contributed by atoms with Crippen LogP contribution in [0, 0.1) is 56.3 Å². The number of halogens is 8. The van der Waals surface area contributed by atoms with Crippen LogP contribution in [-0.2, 0) is 69.8 Å². The Kier molecular flexibility index (Phi) is 33.0. The Morgan fingerprint density at radius 1 is 0.491 bits per heavy atom. The van der Waals surface area contributed by atoms with E-state index in [4.69, 9.17) is 29.0 Å². The van der Waals surface area contributed by atoms with Crippen LogP contribution in [-0.4, -0.2) is 80.5 Å². The number of nitrogens with zero attached hydrogens (tertiary/aromatic N) is 6. The van der Waals surface area contributed by atoms with Crippen molar-refractivity contribution >= 4 is 117 Å². The number of rotatable bonds is 15. The molecule has 5 aliphatic rings. The van der Waals surface area contributed by atoms with Crippen LogP contribution in [0.3, 0.4) is 0 Å². The van der Waals surface area contributed by atoms with Crippen molar-refractivity contribution in [3.05, 3.63) is 192 Å². The number of carbonyl (C=O) groups excluding carboxylic acids is 11. The number of allylic oxidation sites excluding steroid dienone is 1. The molecule has 2 aromatic heterocycles. The Balaban J connectivity index is 0.000000273. The normalized spacial score (nSPS) is 16.2. The third kappa shape index (κ3) is 24.6. The first-order valence-corrected chi connectivity index (χ1v) is 35.1. The highest BCUT2D eigenvalue weighted by Crippen LogP contribution is 2.38. The van der Waals surface area contributed by atoms with E-state index in [1.807, 2.05) is 157 Å². The van der Waals surface area contributed by atoms with E-state index in [9.17, 15) is 79.1 Å². The van der Waals surface area contributed by atoms with Crippen molar-refractivity contribution in [1.82, 2.24) is 15.0 Å². The summed E-state index contributed by atoms with van der Waals surface area (Å²) >= 11 is 10.8. The van der Waals surface area contributed by atoms with Crippen LogP contribution >= 0.6 is 23.2 Å². The molecule has 10 rings (SSSR count). The molecule has 5 aliphatic heterocycles. The second kappa shape index (κ2) is 39.6. The van der Waals surface area contributed by atoms with Gasteiger partial charge in [-0.05, 0) is 165 Å². The van der Waals surface area contributed by atoms with Gasteiger partial charge in [-0.1, -0.05) is 152 Å². The molecule has 0 saturated carbocycles. The lowest BCUT2D eigenvalue weighted by Crippen LogP contribution is -2.37. The summed E-state index contributed by atoms with van der Waals surface area (Å²) in [4.78, 5) is 139. The van der Waals surface area contributed by atoms with Gasteiger partial charge >= 0.3 is 24.3 Å². The van der Waals surface area contributed by atoms with E-state index in [2.05, 4.69) is 25.6 Å². The molecule has 0 radical (unpaired) electrons. The molecular weight excluding hydrogens is 1450 g/mol. The van der Waals surface area contributed by atoms with E-state index < -0.39 is 57.5 Å². The molecule has 29 heteroatoms. The Morgan fingerprint density at radius 3 is 1.26 bits per heavy atom. The zero-order valence-electron chi connectivity index (χ0n) is 63.4. The number of nitrogens with one attached hydrogen (secondary N) is 2.